The quantitative estimate of drug-likeness (QED) is 0.541. The molecule has 0 aliphatic rings. The van der Waals surface area contributed by atoms with Crippen LogP contribution in [0.1, 0.15) is 5.56 Å². The van der Waals surface area contributed by atoms with Gasteiger partial charge in [-0.2, -0.15) is 0 Å². The van der Waals surface area contributed by atoms with Gasteiger partial charge in [0.25, 0.3) is 0 Å². The second-order valence-electron chi connectivity index (χ2n) is 4.07. The van der Waals surface area contributed by atoms with Gasteiger partial charge >= 0.3 is 0 Å². The molecule has 3 aromatic rings. The van der Waals surface area contributed by atoms with Gasteiger partial charge in [-0.05, 0) is 23.8 Å². The summed E-state index contributed by atoms with van der Waals surface area (Å²) in [6, 6.07) is 9.04. The van der Waals surface area contributed by atoms with Gasteiger partial charge in [0.05, 0.1) is 15.7 Å². The van der Waals surface area contributed by atoms with Crippen molar-refractivity contribution in [1.82, 2.24) is 4.98 Å². The SMILES string of the molecule is Fc1c(CBr)cc2scnc2c1-c1cccc(Cl)c1. The summed E-state index contributed by atoms with van der Waals surface area (Å²) >= 11 is 10.8. The first-order chi connectivity index (χ1) is 9.20. The Kier molecular flexibility index (Phi) is 3.56. The smallest absolute Gasteiger partial charge is 0.137 e. The highest BCUT2D eigenvalue weighted by Gasteiger charge is 2.16. The predicted octanol–water partition coefficient (Wildman–Crippen LogP) is 5.65. The maximum Gasteiger partial charge on any atom is 0.137 e. The molecule has 0 bridgehead atoms. The number of alkyl halides is 1. The first-order valence-electron chi connectivity index (χ1n) is 5.57. The normalized spacial score (nSPS) is 11.1. The molecular weight excluding hydrogens is 349 g/mol. The molecule has 0 atom stereocenters. The molecule has 0 radical (unpaired) electrons. The van der Waals surface area contributed by atoms with E-state index in [1.165, 1.54) is 11.3 Å². The number of hydrogen-bond donors (Lipinski definition) is 0. The van der Waals surface area contributed by atoms with Crippen LogP contribution in [-0.2, 0) is 5.33 Å². The third kappa shape index (κ3) is 2.29. The Labute approximate surface area is 127 Å². The maximum absolute atomic E-state index is 14.6. The molecule has 1 heterocycles. The van der Waals surface area contributed by atoms with E-state index in [1.807, 2.05) is 18.2 Å². The third-order valence-electron chi connectivity index (χ3n) is 2.90. The van der Waals surface area contributed by atoms with Gasteiger partial charge in [0.15, 0.2) is 0 Å². The van der Waals surface area contributed by atoms with Crippen LogP contribution in [0.15, 0.2) is 35.8 Å². The Morgan fingerprint density at radius 1 is 1.32 bits per heavy atom. The number of rotatable bonds is 2. The number of nitrogens with zero attached hydrogens (tertiary/aromatic N) is 1. The van der Waals surface area contributed by atoms with E-state index < -0.39 is 0 Å². The van der Waals surface area contributed by atoms with E-state index in [0.717, 1.165) is 10.3 Å². The van der Waals surface area contributed by atoms with Gasteiger partial charge in [0, 0.05) is 21.5 Å². The van der Waals surface area contributed by atoms with Crippen molar-refractivity contribution < 1.29 is 4.39 Å². The Bertz CT molecular complexity index is 756. The first kappa shape index (κ1) is 13.0. The number of aromatic nitrogens is 1. The molecule has 2 aromatic carbocycles. The van der Waals surface area contributed by atoms with Gasteiger partial charge < -0.3 is 0 Å². The Balaban J connectivity index is 2.38. The number of fused-ring (bicyclic) bond motifs is 1. The summed E-state index contributed by atoms with van der Waals surface area (Å²) in [7, 11) is 0. The lowest BCUT2D eigenvalue weighted by Gasteiger charge is -2.08. The number of halogens is 3. The third-order valence-corrected chi connectivity index (χ3v) is 4.51. The van der Waals surface area contributed by atoms with E-state index in [-0.39, 0.29) is 5.82 Å². The summed E-state index contributed by atoms with van der Waals surface area (Å²) in [5.41, 5.74) is 4.33. The van der Waals surface area contributed by atoms with Crippen molar-refractivity contribution >= 4 is 49.1 Å². The summed E-state index contributed by atoms with van der Waals surface area (Å²) in [6.07, 6.45) is 0. The van der Waals surface area contributed by atoms with E-state index in [9.17, 15) is 4.39 Å². The Hall–Kier alpha value is -0.970. The molecule has 5 heteroatoms. The van der Waals surface area contributed by atoms with E-state index in [4.69, 9.17) is 11.6 Å². The second-order valence-corrected chi connectivity index (χ2v) is 5.95. The molecule has 1 nitrogen and oxygen atoms in total. The van der Waals surface area contributed by atoms with Gasteiger partial charge in [-0.3, -0.25) is 0 Å². The minimum Gasteiger partial charge on any atom is -0.244 e. The monoisotopic (exact) mass is 355 g/mol. The second kappa shape index (κ2) is 5.19. The first-order valence-corrected chi connectivity index (χ1v) is 7.95. The van der Waals surface area contributed by atoms with Crippen molar-refractivity contribution in [1.29, 1.82) is 0 Å². The van der Waals surface area contributed by atoms with Crippen LogP contribution in [0.3, 0.4) is 0 Å². The molecule has 19 heavy (non-hydrogen) atoms. The molecule has 0 aliphatic heterocycles. The predicted molar refractivity (Wildman–Crippen MR) is 82.7 cm³/mol. The van der Waals surface area contributed by atoms with Crippen LogP contribution in [0, 0.1) is 5.82 Å². The molecule has 96 valence electrons. The van der Waals surface area contributed by atoms with Gasteiger partial charge in [0.2, 0.25) is 0 Å². The lowest BCUT2D eigenvalue weighted by Crippen LogP contribution is -1.93. The van der Waals surface area contributed by atoms with E-state index in [2.05, 4.69) is 20.9 Å². The zero-order chi connectivity index (χ0) is 13.4. The average Bonchev–Trinajstić information content (AvgIpc) is 2.85. The van der Waals surface area contributed by atoms with Crippen LogP contribution >= 0.6 is 38.9 Å². The molecule has 1 aromatic heterocycles. The summed E-state index contributed by atoms with van der Waals surface area (Å²) in [5, 5.41) is 1.06. The highest BCUT2D eigenvalue weighted by Crippen LogP contribution is 2.36. The van der Waals surface area contributed by atoms with Crippen LogP contribution in [0.4, 0.5) is 4.39 Å². The molecular formula is C14H8BrClFNS. The largest absolute Gasteiger partial charge is 0.244 e. The molecule has 0 spiro atoms. The lowest BCUT2D eigenvalue weighted by molar-refractivity contribution is 0.623. The van der Waals surface area contributed by atoms with E-state index in [1.54, 1.807) is 17.6 Å². The summed E-state index contributed by atoms with van der Waals surface area (Å²) < 4.78 is 15.6. The van der Waals surface area contributed by atoms with E-state index in [0.29, 0.717) is 27.0 Å². The highest BCUT2D eigenvalue weighted by atomic mass is 79.9. The molecule has 0 N–H and O–H groups in total. The average molecular weight is 357 g/mol. The Morgan fingerprint density at radius 3 is 2.89 bits per heavy atom. The zero-order valence-corrected chi connectivity index (χ0v) is 12.8. The zero-order valence-electron chi connectivity index (χ0n) is 9.66. The van der Waals surface area contributed by atoms with Gasteiger partial charge in [-0.15, -0.1) is 11.3 Å². The molecule has 0 saturated heterocycles. The van der Waals surface area contributed by atoms with Crippen molar-refractivity contribution in [2.45, 2.75) is 5.33 Å². The lowest BCUT2D eigenvalue weighted by atomic mass is 10.0. The molecule has 0 fully saturated rings. The topological polar surface area (TPSA) is 12.9 Å². The molecule has 0 unspecified atom stereocenters. The summed E-state index contributed by atoms with van der Waals surface area (Å²) in [6.45, 7) is 0. The minimum absolute atomic E-state index is 0.238. The van der Waals surface area contributed by atoms with Crippen molar-refractivity contribution in [2.75, 3.05) is 0 Å². The van der Waals surface area contributed by atoms with Gasteiger partial charge in [0.1, 0.15) is 5.82 Å². The summed E-state index contributed by atoms with van der Waals surface area (Å²) in [4.78, 5) is 4.28. The van der Waals surface area contributed by atoms with Crippen molar-refractivity contribution in [3.63, 3.8) is 0 Å². The maximum atomic E-state index is 14.6. The number of benzene rings is 2. The van der Waals surface area contributed by atoms with Crippen LogP contribution in [-0.4, -0.2) is 4.98 Å². The Morgan fingerprint density at radius 2 is 2.16 bits per heavy atom. The molecule has 3 rings (SSSR count). The number of thiazole rings is 1. The molecule has 0 saturated carbocycles. The highest BCUT2D eigenvalue weighted by molar-refractivity contribution is 9.08. The summed E-state index contributed by atoms with van der Waals surface area (Å²) in [5.74, 6) is -0.238. The fourth-order valence-corrected chi connectivity index (χ4v) is 3.38. The standard InChI is InChI=1S/C14H8BrClFNS/c15-6-9-5-11-14(18-7-19-11)12(13(9)17)8-2-1-3-10(16)4-8/h1-5,7H,6H2. The molecule has 0 amide bonds. The van der Waals surface area contributed by atoms with Crippen molar-refractivity contribution in [2.24, 2.45) is 0 Å². The fourth-order valence-electron chi connectivity index (χ4n) is 2.04. The van der Waals surface area contributed by atoms with E-state index >= 15 is 0 Å². The van der Waals surface area contributed by atoms with Gasteiger partial charge in [-0.1, -0.05) is 39.7 Å². The van der Waals surface area contributed by atoms with Crippen LogP contribution in [0.5, 0.6) is 0 Å². The van der Waals surface area contributed by atoms with Crippen LogP contribution in [0.25, 0.3) is 21.3 Å². The van der Waals surface area contributed by atoms with Gasteiger partial charge in [-0.25, -0.2) is 9.37 Å². The van der Waals surface area contributed by atoms with Crippen LogP contribution < -0.4 is 0 Å². The fraction of sp³-hybridized carbons (Fsp3) is 0.0714. The van der Waals surface area contributed by atoms with Crippen LogP contribution in [0.2, 0.25) is 5.02 Å². The molecule has 0 aliphatic carbocycles. The minimum atomic E-state index is -0.238. The number of hydrogen-bond acceptors (Lipinski definition) is 2. The van der Waals surface area contributed by atoms with Crippen molar-refractivity contribution in [3.05, 3.63) is 52.2 Å². The van der Waals surface area contributed by atoms with Crippen molar-refractivity contribution in [3.8, 4) is 11.1 Å².